The smallest absolute Gasteiger partial charge is 0.187 e. The Labute approximate surface area is 140 Å². The molecule has 0 aromatic heterocycles. The molecular formula is C19H20BrNO. The van der Waals surface area contributed by atoms with Crippen molar-refractivity contribution in [2.45, 2.75) is 26.2 Å². The van der Waals surface area contributed by atoms with Gasteiger partial charge in [-0.1, -0.05) is 41.4 Å². The van der Waals surface area contributed by atoms with Gasteiger partial charge in [0.15, 0.2) is 5.78 Å². The third-order valence-electron chi connectivity index (χ3n) is 3.39. The molecular weight excluding hydrogens is 338 g/mol. The van der Waals surface area contributed by atoms with Gasteiger partial charge in [-0.25, -0.2) is 0 Å². The number of allylic oxidation sites excluding steroid dienone is 1. The van der Waals surface area contributed by atoms with Gasteiger partial charge in [-0.15, -0.1) is 0 Å². The van der Waals surface area contributed by atoms with E-state index >= 15 is 0 Å². The topological polar surface area (TPSA) is 29.1 Å². The number of nitrogens with one attached hydrogen (secondary N) is 1. The highest BCUT2D eigenvalue weighted by molar-refractivity contribution is 9.10. The Kier molecular flexibility index (Phi) is 6.41. The van der Waals surface area contributed by atoms with Crippen molar-refractivity contribution in [2.24, 2.45) is 0 Å². The molecule has 3 heteroatoms. The lowest BCUT2D eigenvalue weighted by atomic mass is 10.1. The Morgan fingerprint density at radius 2 is 1.77 bits per heavy atom. The van der Waals surface area contributed by atoms with Crippen LogP contribution in [0.25, 0.3) is 0 Å². The normalized spacial score (nSPS) is 10.8. The molecule has 0 radical (unpaired) electrons. The van der Waals surface area contributed by atoms with Gasteiger partial charge >= 0.3 is 0 Å². The lowest BCUT2D eigenvalue weighted by molar-refractivity contribution is 0.104. The number of ketones is 1. The van der Waals surface area contributed by atoms with Gasteiger partial charge < -0.3 is 5.32 Å². The van der Waals surface area contributed by atoms with Gasteiger partial charge in [0.25, 0.3) is 0 Å². The van der Waals surface area contributed by atoms with E-state index in [0.29, 0.717) is 5.56 Å². The van der Waals surface area contributed by atoms with E-state index in [1.54, 1.807) is 24.4 Å². The van der Waals surface area contributed by atoms with E-state index in [1.165, 1.54) is 18.4 Å². The third-order valence-corrected chi connectivity index (χ3v) is 3.92. The predicted octanol–water partition coefficient (Wildman–Crippen LogP) is 5.60. The number of benzene rings is 2. The average molecular weight is 358 g/mol. The fourth-order valence-corrected chi connectivity index (χ4v) is 2.34. The van der Waals surface area contributed by atoms with Crippen LogP contribution in [0.3, 0.4) is 0 Å². The highest BCUT2D eigenvalue weighted by Gasteiger charge is 2.00. The number of unbranched alkanes of at least 4 members (excludes halogenated alkanes) is 1. The minimum Gasteiger partial charge on any atom is -0.362 e. The molecule has 0 aliphatic carbocycles. The van der Waals surface area contributed by atoms with Crippen LogP contribution in [0.15, 0.2) is 65.3 Å². The molecule has 0 aliphatic heterocycles. The summed E-state index contributed by atoms with van der Waals surface area (Å²) >= 11 is 3.36. The standard InChI is InChI=1S/C19H20BrNO/c1-2-3-4-15-5-11-18(12-6-15)21-14-13-19(22)16-7-9-17(20)10-8-16/h5-14,21H,2-4H2,1H3/b14-13+. The van der Waals surface area contributed by atoms with Crippen LogP contribution in [0, 0.1) is 0 Å². The first kappa shape index (κ1) is 16.5. The highest BCUT2D eigenvalue weighted by Crippen LogP contribution is 2.13. The molecule has 1 N–H and O–H groups in total. The second kappa shape index (κ2) is 8.54. The number of halogens is 1. The van der Waals surface area contributed by atoms with Crippen LogP contribution in [-0.4, -0.2) is 5.78 Å². The summed E-state index contributed by atoms with van der Waals surface area (Å²) in [5, 5.41) is 3.13. The van der Waals surface area contributed by atoms with E-state index < -0.39 is 0 Å². The summed E-state index contributed by atoms with van der Waals surface area (Å²) < 4.78 is 0.967. The van der Waals surface area contributed by atoms with Gasteiger partial charge in [-0.3, -0.25) is 4.79 Å². The van der Waals surface area contributed by atoms with Crippen molar-refractivity contribution >= 4 is 27.4 Å². The van der Waals surface area contributed by atoms with Crippen LogP contribution < -0.4 is 5.32 Å². The zero-order valence-corrected chi connectivity index (χ0v) is 14.3. The van der Waals surface area contributed by atoms with Crippen molar-refractivity contribution in [1.29, 1.82) is 0 Å². The molecule has 0 unspecified atom stereocenters. The van der Waals surface area contributed by atoms with Crippen molar-refractivity contribution in [1.82, 2.24) is 0 Å². The molecule has 2 nitrogen and oxygen atoms in total. The molecule has 2 aromatic rings. The monoisotopic (exact) mass is 357 g/mol. The lowest BCUT2D eigenvalue weighted by Gasteiger charge is -2.03. The van der Waals surface area contributed by atoms with E-state index in [9.17, 15) is 4.79 Å². The number of anilines is 1. The Hall–Kier alpha value is -1.87. The molecule has 0 bridgehead atoms. The number of hydrogen-bond acceptors (Lipinski definition) is 2. The highest BCUT2D eigenvalue weighted by atomic mass is 79.9. The second-order valence-electron chi connectivity index (χ2n) is 5.15. The van der Waals surface area contributed by atoms with Gasteiger partial charge in [0.1, 0.15) is 0 Å². The van der Waals surface area contributed by atoms with Gasteiger partial charge in [0.2, 0.25) is 0 Å². The van der Waals surface area contributed by atoms with E-state index in [-0.39, 0.29) is 5.78 Å². The summed E-state index contributed by atoms with van der Waals surface area (Å²) in [4.78, 5) is 12.0. The van der Waals surface area contributed by atoms with Gasteiger partial charge in [-0.2, -0.15) is 0 Å². The van der Waals surface area contributed by atoms with Crippen LogP contribution in [0.4, 0.5) is 5.69 Å². The van der Waals surface area contributed by atoms with Crippen LogP contribution in [0.2, 0.25) is 0 Å². The number of carbonyl (C=O) groups excluding carboxylic acids is 1. The van der Waals surface area contributed by atoms with Crippen LogP contribution in [-0.2, 0) is 6.42 Å². The van der Waals surface area contributed by atoms with Crippen molar-refractivity contribution in [3.05, 3.63) is 76.4 Å². The molecule has 2 rings (SSSR count). The summed E-state index contributed by atoms with van der Waals surface area (Å²) in [5.41, 5.74) is 3.01. The summed E-state index contributed by atoms with van der Waals surface area (Å²) in [5.74, 6) is -0.0143. The Morgan fingerprint density at radius 1 is 1.09 bits per heavy atom. The first-order valence-corrected chi connectivity index (χ1v) is 8.30. The number of carbonyl (C=O) groups is 1. The van der Waals surface area contributed by atoms with Crippen LogP contribution >= 0.6 is 15.9 Å². The molecule has 0 saturated carbocycles. The summed E-state index contributed by atoms with van der Waals surface area (Å²) in [6.45, 7) is 2.20. The van der Waals surface area contributed by atoms with Crippen molar-refractivity contribution in [3.8, 4) is 0 Å². The largest absolute Gasteiger partial charge is 0.362 e. The molecule has 0 heterocycles. The van der Waals surface area contributed by atoms with E-state index in [4.69, 9.17) is 0 Å². The average Bonchev–Trinajstić information content (AvgIpc) is 2.54. The minimum absolute atomic E-state index is 0.0143. The van der Waals surface area contributed by atoms with E-state index in [0.717, 1.165) is 16.6 Å². The molecule has 0 aliphatic rings. The maximum absolute atomic E-state index is 12.0. The first-order valence-electron chi connectivity index (χ1n) is 7.51. The van der Waals surface area contributed by atoms with Crippen LogP contribution in [0.1, 0.15) is 35.7 Å². The molecule has 0 spiro atoms. The maximum Gasteiger partial charge on any atom is 0.187 e. The third kappa shape index (κ3) is 5.15. The first-order chi connectivity index (χ1) is 10.7. The quantitative estimate of drug-likeness (QED) is 0.516. The number of rotatable bonds is 7. The fraction of sp³-hybridized carbons (Fsp3) is 0.211. The van der Waals surface area contributed by atoms with Gasteiger partial charge in [0.05, 0.1) is 0 Å². The fourth-order valence-electron chi connectivity index (χ4n) is 2.07. The minimum atomic E-state index is -0.0143. The second-order valence-corrected chi connectivity index (χ2v) is 6.06. The van der Waals surface area contributed by atoms with Crippen LogP contribution in [0.5, 0.6) is 0 Å². The Bertz CT molecular complexity index is 629. The summed E-state index contributed by atoms with van der Waals surface area (Å²) in [7, 11) is 0. The van der Waals surface area contributed by atoms with Gasteiger partial charge in [-0.05, 0) is 54.8 Å². The Morgan fingerprint density at radius 3 is 2.41 bits per heavy atom. The molecule has 0 fully saturated rings. The molecule has 0 amide bonds. The van der Waals surface area contributed by atoms with E-state index in [1.807, 2.05) is 24.3 Å². The van der Waals surface area contributed by atoms with Crippen molar-refractivity contribution in [2.75, 3.05) is 5.32 Å². The molecule has 114 valence electrons. The molecule has 2 aromatic carbocycles. The predicted molar refractivity (Wildman–Crippen MR) is 96.3 cm³/mol. The van der Waals surface area contributed by atoms with Crippen molar-refractivity contribution in [3.63, 3.8) is 0 Å². The van der Waals surface area contributed by atoms with E-state index in [2.05, 4.69) is 40.3 Å². The van der Waals surface area contributed by atoms with Crippen molar-refractivity contribution < 1.29 is 4.79 Å². The number of hydrogen-bond donors (Lipinski definition) is 1. The summed E-state index contributed by atoms with van der Waals surface area (Å²) in [6, 6.07) is 15.7. The van der Waals surface area contributed by atoms with Gasteiger partial charge in [0, 0.05) is 28.0 Å². The SMILES string of the molecule is CCCCc1ccc(N/C=C/C(=O)c2ccc(Br)cc2)cc1. The number of aryl methyl sites for hydroxylation is 1. The Balaban J connectivity index is 1.88. The molecule has 22 heavy (non-hydrogen) atoms. The molecule has 0 atom stereocenters. The zero-order valence-electron chi connectivity index (χ0n) is 12.7. The zero-order chi connectivity index (χ0) is 15.8. The maximum atomic E-state index is 12.0. The lowest BCUT2D eigenvalue weighted by Crippen LogP contribution is -1.96. The molecule has 0 saturated heterocycles. The summed E-state index contributed by atoms with van der Waals surface area (Å²) in [6.07, 6.45) is 6.78.